The molecule has 37 heavy (non-hydrogen) atoms. The average molecular weight is 546 g/mol. The van der Waals surface area contributed by atoms with Crippen LogP contribution in [0.25, 0.3) is 11.5 Å². The van der Waals surface area contributed by atoms with Gasteiger partial charge in [0.05, 0.1) is 6.20 Å². The van der Waals surface area contributed by atoms with Gasteiger partial charge in [-0.15, -0.1) is 0 Å². The van der Waals surface area contributed by atoms with Crippen LogP contribution in [0.2, 0.25) is 10.2 Å². The molecule has 2 fully saturated rings. The van der Waals surface area contributed by atoms with Crippen molar-refractivity contribution in [2.75, 3.05) is 37.6 Å². The lowest BCUT2D eigenvalue weighted by Gasteiger charge is -2.46. The summed E-state index contributed by atoms with van der Waals surface area (Å²) in [5.74, 6) is 1.97. The Bertz CT molecular complexity index is 1190. The molecular weight excluding hydrogens is 511 g/mol. The van der Waals surface area contributed by atoms with E-state index in [1.807, 2.05) is 25.7 Å². The van der Waals surface area contributed by atoms with E-state index in [9.17, 15) is 4.79 Å². The second-order valence-corrected chi connectivity index (χ2v) is 9.97. The minimum Gasteiger partial charge on any atom is -0.351 e. The first-order chi connectivity index (χ1) is 17.9. The monoisotopic (exact) mass is 544 g/mol. The topological polar surface area (TPSA) is 94.1 Å². The van der Waals surface area contributed by atoms with Crippen molar-refractivity contribution in [2.45, 2.75) is 52.6 Å². The largest absolute Gasteiger partial charge is 0.351 e. The highest BCUT2D eigenvalue weighted by molar-refractivity contribution is 6.31. The maximum absolute atomic E-state index is 12.8. The Labute approximate surface area is 228 Å². The molecular formula is C26H34Cl2N8O. The van der Waals surface area contributed by atoms with Gasteiger partial charge in [-0.3, -0.25) is 14.8 Å². The van der Waals surface area contributed by atoms with E-state index in [4.69, 9.17) is 23.2 Å². The summed E-state index contributed by atoms with van der Waals surface area (Å²) in [6.07, 6.45) is 3.61. The van der Waals surface area contributed by atoms with Crippen molar-refractivity contribution >= 4 is 34.9 Å². The zero-order valence-electron chi connectivity index (χ0n) is 21.8. The van der Waals surface area contributed by atoms with Crippen molar-refractivity contribution in [3.63, 3.8) is 0 Å². The summed E-state index contributed by atoms with van der Waals surface area (Å²) >= 11 is 12.5. The van der Waals surface area contributed by atoms with Gasteiger partial charge in [-0.1, -0.05) is 37.0 Å². The molecule has 1 N–H and O–H groups in total. The second-order valence-electron chi connectivity index (χ2n) is 9.18. The van der Waals surface area contributed by atoms with Crippen LogP contribution in [-0.2, 0) is 0 Å². The van der Waals surface area contributed by atoms with E-state index in [1.54, 1.807) is 30.5 Å². The van der Waals surface area contributed by atoms with Crippen LogP contribution in [0, 0.1) is 6.92 Å². The number of carbonyl (C=O) groups excluding carboxylic acids is 1. The summed E-state index contributed by atoms with van der Waals surface area (Å²) in [6.45, 7) is 12.2. The predicted octanol–water partition coefficient (Wildman–Crippen LogP) is 4.72. The fourth-order valence-corrected chi connectivity index (χ4v) is 5.40. The van der Waals surface area contributed by atoms with Gasteiger partial charge < -0.3 is 9.80 Å². The van der Waals surface area contributed by atoms with Crippen LogP contribution in [0.3, 0.4) is 0 Å². The van der Waals surface area contributed by atoms with Crippen LogP contribution < -0.4 is 4.90 Å². The maximum atomic E-state index is 12.8. The molecule has 5 rings (SSSR count). The number of amides is 1. The number of H-pyrrole nitrogens is 1. The molecule has 2 aliphatic heterocycles. The lowest BCUT2D eigenvalue weighted by molar-refractivity contribution is 0.0525. The fraction of sp³-hybridized carbons (Fsp3) is 0.500. The minimum absolute atomic E-state index is 0.0786. The number of piperidine rings is 1. The molecule has 0 radical (unpaired) electrons. The summed E-state index contributed by atoms with van der Waals surface area (Å²) in [6, 6.07) is 7.92. The molecule has 1 amide bonds. The van der Waals surface area contributed by atoms with Gasteiger partial charge in [0.2, 0.25) is 5.82 Å². The Hall–Kier alpha value is -2.75. The first-order valence-corrected chi connectivity index (χ1v) is 13.6. The van der Waals surface area contributed by atoms with Gasteiger partial charge in [0.1, 0.15) is 11.5 Å². The zero-order valence-corrected chi connectivity index (χ0v) is 23.3. The van der Waals surface area contributed by atoms with Crippen LogP contribution in [0.1, 0.15) is 49.8 Å². The summed E-state index contributed by atoms with van der Waals surface area (Å²) in [5.41, 5.74) is 1.24. The molecule has 0 bridgehead atoms. The smallest absolute Gasteiger partial charge is 0.253 e. The van der Waals surface area contributed by atoms with Crippen molar-refractivity contribution in [3.8, 4) is 11.5 Å². The molecule has 0 spiro atoms. The quantitative estimate of drug-likeness (QED) is 0.507. The summed E-state index contributed by atoms with van der Waals surface area (Å²) < 4.78 is 0. The number of aromatic nitrogens is 5. The van der Waals surface area contributed by atoms with Crippen LogP contribution in [0.5, 0.6) is 0 Å². The molecule has 0 aliphatic carbocycles. The van der Waals surface area contributed by atoms with Crippen molar-refractivity contribution < 1.29 is 4.79 Å². The lowest BCUT2D eigenvalue weighted by Crippen LogP contribution is -2.58. The molecule has 3 aromatic rings. The van der Waals surface area contributed by atoms with Crippen LogP contribution in [-0.4, -0.2) is 85.7 Å². The average Bonchev–Trinajstić information content (AvgIpc) is 3.36. The lowest BCUT2D eigenvalue weighted by atomic mass is 9.99. The van der Waals surface area contributed by atoms with E-state index in [2.05, 4.69) is 41.9 Å². The van der Waals surface area contributed by atoms with Gasteiger partial charge in [-0.05, 0) is 51.0 Å². The van der Waals surface area contributed by atoms with Crippen LogP contribution in [0.15, 0.2) is 30.5 Å². The number of hydrogen-bond donors (Lipinski definition) is 1. The highest BCUT2D eigenvalue weighted by Gasteiger charge is 2.34. The molecule has 1 aromatic carbocycles. The van der Waals surface area contributed by atoms with Gasteiger partial charge in [-0.2, -0.15) is 5.10 Å². The number of anilines is 1. The number of aromatic amines is 1. The number of aryl methyl sites for hydroxylation is 1. The van der Waals surface area contributed by atoms with E-state index in [0.29, 0.717) is 51.0 Å². The molecule has 9 nitrogen and oxygen atoms in total. The van der Waals surface area contributed by atoms with Crippen molar-refractivity contribution in [1.82, 2.24) is 34.9 Å². The number of nitrogens with zero attached hydrogens (tertiary/aromatic N) is 7. The van der Waals surface area contributed by atoms with Gasteiger partial charge >= 0.3 is 0 Å². The van der Waals surface area contributed by atoms with Gasteiger partial charge in [0.15, 0.2) is 11.0 Å². The summed E-state index contributed by atoms with van der Waals surface area (Å²) in [7, 11) is 0. The Balaban J connectivity index is 0.00000156. The number of rotatable bonds is 4. The van der Waals surface area contributed by atoms with Crippen LogP contribution in [0.4, 0.5) is 5.82 Å². The van der Waals surface area contributed by atoms with Crippen molar-refractivity contribution in [3.05, 3.63) is 52.0 Å². The molecule has 2 aromatic heterocycles. The number of piperazine rings is 1. The van der Waals surface area contributed by atoms with E-state index in [0.717, 1.165) is 45.6 Å². The zero-order chi connectivity index (χ0) is 26.5. The van der Waals surface area contributed by atoms with Gasteiger partial charge in [0, 0.05) is 55.4 Å². The third kappa shape index (κ3) is 6.22. The Morgan fingerprint density at radius 2 is 1.73 bits per heavy atom. The van der Waals surface area contributed by atoms with Crippen molar-refractivity contribution in [2.24, 2.45) is 0 Å². The second kappa shape index (κ2) is 12.2. The number of benzene rings is 1. The molecule has 2 aliphatic rings. The number of halogens is 2. The molecule has 1 atom stereocenters. The van der Waals surface area contributed by atoms with E-state index in [-0.39, 0.29) is 5.91 Å². The first kappa shape index (κ1) is 27.3. The first-order valence-electron chi connectivity index (χ1n) is 12.9. The molecule has 198 valence electrons. The van der Waals surface area contributed by atoms with Gasteiger partial charge in [-0.25, -0.2) is 15.0 Å². The van der Waals surface area contributed by atoms with E-state index < -0.39 is 0 Å². The number of likely N-dealkylation sites (tertiary alicyclic amines) is 1. The normalized spacial score (nSPS) is 18.9. The Morgan fingerprint density at radius 1 is 1.03 bits per heavy atom. The van der Waals surface area contributed by atoms with E-state index >= 15 is 0 Å². The molecule has 1 unspecified atom stereocenters. The van der Waals surface area contributed by atoms with Crippen molar-refractivity contribution in [1.29, 1.82) is 0 Å². The Kier molecular flexibility index (Phi) is 9.00. The minimum atomic E-state index is 0.0786. The fourth-order valence-electron chi connectivity index (χ4n) is 5.02. The summed E-state index contributed by atoms with van der Waals surface area (Å²) in [4.78, 5) is 32.9. The molecule has 2 saturated heterocycles. The highest BCUT2D eigenvalue weighted by Crippen LogP contribution is 2.28. The number of nitrogens with one attached hydrogen (secondary N) is 1. The SMILES string of the molecule is CC.Cc1nc(-c2cnc(N3CCN(C4CCN(C(=O)c5ccc(Cl)cc5)CC4)C(C)C3)c(Cl)n2)n[nH]1. The van der Waals surface area contributed by atoms with Crippen LogP contribution >= 0.6 is 23.2 Å². The third-order valence-electron chi connectivity index (χ3n) is 6.83. The number of hydrogen-bond acceptors (Lipinski definition) is 7. The highest BCUT2D eigenvalue weighted by atomic mass is 35.5. The predicted molar refractivity (Wildman–Crippen MR) is 147 cm³/mol. The van der Waals surface area contributed by atoms with Gasteiger partial charge in [0.25, 0.3) is 5.91 Å². The summed E-state index contributed by atoms with van der Waals surface area (Å²) in [5, 5.41) is 7.94. The Morgan fingerprint density at radius 3 is 2.32 bits per heavy atom. The molecule has 0 saturated carbocycles. The molecule has 4 heterocycles. The number of carbonyl (C=O) groups is 1. The molecule has 11 heteroatoms. The standard InChI is InChI=1S/C24H28Cl2N8O.C2H6/c1-15-14-33(23-21(26)29-20(13-27-23)22-28-16(2)30-31-22)11-12-34(15)19-7-9-32(10-8-19)24(35)17-3-5-18(25)6-4-17;1-2/h3-6,13,15,19H,7-12,14H2,1-2H3,(H,28,30,31);1-2H3. The third-order valence-corrected chi connectivity index (χ3v) is 7.33. The van der Waals surface area contributed by atoms with E-state index in [1.165, 1.54) is 0 Å². The maximum Gasteiger partial charge on any atom is 0.253 e.